The molecule has 1 aromatic rings. The fraction of sp³-hybridized carbons (Fsp3) is 0.308. The van der Waals surface area contributed by atoms with Crippen molar-refractivity contribution < 1.29 is 29.0 Å². The Morgan fingerprint density at radius 3 is 2.43 bits per heavy atom. The Kier molecular flexibility index (Phi) is 6.12. The lowest BCUT2D eigenvalue weighted by molar-refractivity contribution is -0.145. The minimum atomic E-state index is -1.52. The highest BCUT2D eigenvalue weighted by atomic mass is 19.1. The summed E-state index contributed by atoms with van der Waals surface area (Å²) in [6, 6.07) is 3.73. The molecule has 8 heteroatoms. The molecule has 0 saturated heterocycles. The molecule has 1 aromatic carbocycles. The van der Waals surface area contributed by atoms with Gasteiger partial charge >= 0.3 is 18.0 Å². The van der Waals surface area contributed by atoms with Gasteiger partial charge in [0, 0.05) is 6.54 Å². The number of rotatable bonds is 7. The maximum atomic E-state index is 13.3. The van der Waals surface area contributed by atoms with E-state index in [0.717, 1.165) is 0 Å². The average Bonchev–Trinajstić information content (AvgIpc) is 2.39. The molecule has 0 aromatic heterocycles. The Bertz CT molecular complexity index is 535. The molecule has 0 bridgehead atoms. The van der Waals surface area contributed by atoms with Gasteiger partial charge < -0.3 is 20.8 Å². The SMILES string of the molecule is O=C(O)C[C@H](NC(=O)NCCc1ccccc1F)C(=O)O. The molecule has 2 amide bonds. The second kappa shape index (κ2) is 7.83. The molecule has 0 aliphatic heterocycles. The molecule has 1 rings (SSSR count). The van der Waals surface area contributed by atoms with Crippen LogP contribution in [0.3, 0.4) is 0 Å². The summed E-state index contributed by atoms with van der Waals surface area (Å²) in [6.07, 6.45) is -0.493. The standard InChI is InChI=1S/C13H15FN2O5/c14-9-4-2-1-3-8(9)5-6-15-13(21)16-10(12(19)20)7-11(17)18/h1-4,10H,5-7H2,(H,17,18)(H,19,20)(H2,15,16,21)/t10-/m0/s1. The van der Waals surface area contributed by atoms with Crippen molar-refractivity contribution in [3.63, 3.8) is 0 Å². The van der Waals surface area contributed by atoms with Crippen molar-refractivity contribution in [1.29, 1.82) is 0 Å². The van der Waals surface area contributed by atoms with E-state index in [1.54, 1.807) is 18.2 Å². The Morgan fingerprint density at radius 1 is 1.19 bits per heavy atom. The van der Waals surface area contributed by atoms with Crippen LogP contribution in [-0.2, 0) is 16.0 Å². The van der Waals surface area contributed by atoms with E-state index in [-0.39, 0.29) is 13.0 Å². The number of carboxylic acid groups (broad SMARTS) is 2. The third-order valence-electron chi connectivity index (χ3n) is 2.62. The summed E-state index contributed by atoms with van der Waals surface area (Å²) in [5.74, 6) is -3.18. The zero-order valence-electron chi connectivity index (χ0n) is 11.0. The molecule has 0 aliphatic rings. The maximum Gasteiger partial charge on any atom is 0.326 e. The first-order valence-electron chi connectivity index (χ1n) is 6.12. The van der Waals surface area contributed by atoms with Crippen molar-refractivity contribution in [3.8, 4) is 0 Å². The highest BCUT2D eigenvalue weighted by Crippen LogP contribution is 2.06. The second-order valence-corrected chi connectivity index (χ2v) is 4.23. The van der Waals surface area contributed by atoms with Gasteiger partial charge in [-0.15, -0.1) is 0 Å². The lowest BCUT2D eigenvalue weighted by atomic mass is 10.1. The molecule has 1 atom stereocenters. The van der Waals surface area contributed by atoms with Gasteiger partial charge in [0.25, 0.3) is 0 Å². The third kappa shape index (κ3) is 5.89. The summed E-state index contributed by atoms with van der Waals surface area (Å²) in [6.45, 7) is 0.0895. The van der Waals surface area contributed by atoms with E-state index >= 15 is 0 Å². The number of nitrogens with one attached hydrogen (secondary N) is 2. The van der Waals surface area contributed by atoms with E-state index in [9.17, 15) is 18.8 Å². The van der Waals surface area contributed by atoms with Crippen molar-refractivity contribution in [2.24, 2.45) is 0 Å². The van der Waals surface area contributed by atoms with Crippen molar-refractivity contribution in [2.45, 2.75) is 18.9 Å². The molecule has 0 saturated carbocycles. The van der Waals surface area contributed by atoms with Crippen molar-refractivity contribution in [1.82, 2.24) is 10.6 Å². The Morgan fingerprint density at radius 2 is 1.86 bits per heavy atom. The van der Waals surface area contributed by atoms with E-state index in [0.29, 0.717) is 5.56 Å². The number of halogens is 1. The predicted molar refractivity (Wildman–Crippen MR) is 70.3 cm³/mol. The normalized spacial score (nSPS) is 11.5. The van der Waals surface area contributed by atoms with Gasteiger partial charge in [-0.25, -0.2) is 14.0 Å². The molecular formula is C13H15FN2O5. The van der Waals surface area contributed by atoms with E-state index in [1.165, 1.54) is 6.07 Å². The third-order valence-corrected chi connectivity index (χ3v) is 2.62. The molecule has 0 heterocycles. The lowest BCUT2D eigenvalue weighted by Gasteiger charge is -2.13. The van der Waals surface area contributed by atoms with Gasteiger partial charge in [0.2, 0.25) is 0 Å². The van der Waals surface area contributed by atoms with Gasteiger partial charge in [0.1, 0.15) is 11.9 Å². The molecule has 114 valence electrons. The van der Waals surface area contributed by atoms with Gasteiger partial charge in [-0.3, -0.25) is 4.79 Å². The Hall–Kier alpha value is -2.64. The molecule has 0 radical (unpaired) electrons. The van der Waals surface area contributed by atoms with Crippen molar-refractivity contribution in [3.05, 3.63) is 35.6 Å². The summed E-state index contributed by atoms with van der Waals surface area (Å²) in [5.41, 5.74) is 0.415. The summed E-state index contributed by atoms with van der Waals surface area (Å²) in [7, 11) is 0. The molecule has 4 N–H and O–H groups in total. The second-order valence-electron chi connectivity index (χ2n) is 4.23. The van der Waals surface area contributed by atoms with E-state index in [4.69, 9.17) is 10.2 Å². The Labute approximate surface area is 119 Å². The van der Waals surface area contributed by atoms with Crippen molar-refractivity contribution in [2.75, 3.05) is 6.54 Å². The highest BCUT2D eigenvalue weighted by molar-refractivity contribution is 5.86. The number of hydrogen-bond donors (Lipinski definition) is 4. The number of carbonyl (C=O) groups excluding carboxylic acids is 1. The van der Waals surface area contributed by atoms with Gasteiger partial charge in [-0.1, -0.05) is 18.2 Å². The smallest absolute Gasteiger partial charge is 0.326 e. The number of benzene rings is 1. The van der Waals surface area contributed by atoms with E-state index in [2.05, 4.69) is 5.32 Å². The number of hydrogen-bond acceptors (Lipinski definition) is 3. The lowest BCUT2D eigenvalue weighted by Crippen LogP contribution is -2.47. The van der Waals surface area contributed by atoms with Crippen molar-refractivity contribution >= 4 is 18.0 Å². The number of aliphatic carboxylic acids is 2. The fourth-order valence-electron chi connectivity index (χ4n) is 1.60. The quantitative estimate of drug-likeness (QED) is 0.588. The van der Waals surface area contributed by atoms with Gasteiger partial charge in [-0.05, 0) is 18.1 Å². The number of amides is 2. The summed E-state index contributed by atoms with van der Waals surface area (Å²) in [4.78, 5) is 32.7. The van der Waals surface area contributed by atoms with Crippen LogP contribution in [-0.4, -0.2) is 40.8 Å². The van der Waals surface area contributed by atoms with Crippen LogP contribution in [0.4, 0.5) is 9.18 Å². The first-order chi connectivity index (χ1) is 9.90. The topological polar surface area (TPSA) is 116 Å². The highest BCUT2D eigenvalue weighted by Gasteiger charge is 2.22. The van der Waals surface area contributed by atoms with Gasteiger partial charge in [0.15, 0.2) is 0 Å². The molecule has 0 unspecified atom stereocenters. The first-order valence-corrected chi connectivity index (χ1v) is 6.12. The molecule has 7 nitrogen and oxygen atoms in total. The summed E-state index contributed by atoms with van der Waals surface area (Å²) in [5, 5.41) is 21.6. The largest absolute Gasteiger partial charge is 0.481 e. The van der Waals surface area contributed by atoms with Gasteiger partial charge in [-0.2, -0.15) is 0 Å². The number of carbonyl (C=O) groups is 3. The molecule has 0 fully saturated rings. The molecule has 21 heavy (non-hydrogen) atoms. The summed E-state index contributed by atoms with van der Waals surface area (Å²) >= 11 is 0. The Balaban J connectivity index is 2.41. The van der Waals surface area contributed by atoms with Crippen LogP contribution in [0.1, 0.15) is 12.0 Å². The van der Waals surface area contributed by atoms with Crippen LogP contribution in [0.25, 0.3) is 0 Å². The van der Waals surface area contributed by atoms with Crippen LogP contribution in [0.2, 0.25) is 0 Å². The van der Waals surface area contributed by atoms with Crippen LogP contribution in [0.15, 0.2) is 24.3 Å². The van der Waals surface area contributed by atoms with Crippen LogP contribution < -0.4 is 10.6 Å². The molecule has 0 aliphatic carbocycles. The number of urea groups is 1. The zero-order valence-corrected chi connectivity index (χ0v) is 11.0. The zero-order chi connectivity index (χ0) is 15.8. The van der Waals surface area contributed by atoms with E-state index < -0.39 is 36.2 Å². The predicted octanol–water partition coefficient (Wildman–Crippen LogP) is 0.595. The number of carboxylic acids is 2. The van der Waals surface area contributed by atoms with Gasteiger partial charge in [0.05, 0.1) is 6.42 Å². The van der Waals surface area contributed by atoms with Crippen LogP contribution >= 0.6 is 0 Å². The fourth-order valence-corrected chi connectivity index (χ4v) is 1.60. The minimum Gasteiger partial charge on any atom is -0.481 e. The van der Waals surface area contributed by atoms with E-state index in [1.807, 2.05) is 5.32 Å². The monoisotopic (exact) mass is 298 g/mol. The first kappa shape index (κ1) is 16.4. The molecular weight excluding hydrogens is 283 g/mol. The minimum absolute atomic E-state index is 0.0895. The van der Waals surface area contributed by atoms with Crippen LogP contribution in [0.5, 0.6) is 0 Å². The maximum absolute atomic E-state index is 13.3. The summed E-state index contributed by atoms with van der Waals surface area (Å²) < 4.78 is 13.3. The molecule has 0 spiro atoms. The van der Waals surface area contributed by atoms with Crippen LogP contribution in [0, 0.1) is 5.82 Å². The average molecular weight is 298 g/mol.